The molecular weight excluding hydrogens is 334 g/mol. The van der Waals surface area contributed by atoms with Gasteiger partial charge in [-0.2, -0.15) is 5.10 Å². The Morgan fingerprint density at radius 1 is 0.889 bits per heavy atom. The van der Waals surface area contributed by atoms with Crippen molar-refractivity contribution in [2.75, 3.05) is 5.32 Å². The predicted octanol–water partition coefficient (Wildman–Crippen LogP) is 5.23. The smallest absolute Gasteiger partial charge is 0.161 e. The maximum absolute atomic E-state index is 4.78. The van der Waals surface area contributed by atoms with Gasteiger partial charge in [0, 0.05) is 22.5 Å². The molecule has 0 bridgehead atoms. The Labute approximate surface area is 156 Å². The second-order valence-electron chi connectivity index (χ2n) is 6.49. The van der Waals surface area contributed by atoms with Gasteiger partial charge in [0.2, 0.25) is 0 Å². The molecule has 3 aromatic heterocycles. The van der Waals surface area contributed by atoms with Crippen LogP contribution in [-0.2, 0) is 0 Å². The van der Waals surface area contributed by atoms with Crippen molar-refractivity contribution >= 4 is 33.4 Å². The fraction of sp³-hybridized carbons (Fsp3) is 0.0455. The second-order valence-corrected chi connectivity index (χ2v) is 6.49. The molecule has 0 saturated carbocycles. The third-order valence-electron chi connectivity index (χ3n) is 4.73. The van der Waals surface area contributed by atoms with Crippen LogP contribution in [0.3, 0.4) is 0 Å². The van der Waals surface area contributed by atoms with Crippen molar-refractivity contribution in [3.05, 3.63) is 78.5 Å². The molecule has 5 nitrogen and oxygen atoms in total. The largest absolute Gasteiger partial charge is 0.338 e. The molecule has 0 saturated heterocycles. The summed E-state index contributed by atoms with van der Waals surface area (Å²) >= 11 is 0. The van der Waals surface area contributed by atoms with E-state index in [1.54, 1.807) is 6.20 Å². The van der Waals surface area contributed by atoms with E-state index in [-0.39, 0.29) is 0 Å². The Bertz CT molecular complexity index is 1270. The molecule has 0 atom stereocenters. The molecule has 0 aliphatic carbocycles. The van der Waals surface area contributed by atoms with Crippen LogP contribution in [0.2, 0.25) is 0 Å². The Morgan fingerprint density at radius 3 is 2.63 bits per heavy atom. The van der Waals surface area contributed by atoms with Crippen LogP contribution in [-0.4, -0.2) is 20.2 Å². The van der Waals surface area contributed by atoms with Crippen molar-refractivity contribution in [2.24, 2.45) is 0 Å². The number of hydrogen-bond donors (Lipinski definition) is 2. The summed E-state index contributed by atoms with van der Waals surface area (Å²) in [5.74, 6) is 0.790. The summed E-state index contributed by atoms with van der Waals surface area (Å²) in [5, 5.41) is 13.0. The first-order chi connectivity index (χ1) is 13.3. The van der Waals surface area contributed by atoms with E-state index < -0.39 is 0 Å². The van der Waals surface area contributed by atoms with Crippen LogP contribution < -0.4 is 5.32 Å². The second kappa shape index (κ2) is 6.21. The highest BCUT2D eigenvalue weighted by molar-refractivity contribution is 5.97. The monoisotopic (exact) mass is 351 g/mol. The van der Waals surface area contributed by atoms with E-state index in [1.165, 1.54) is 5.56 Å². The minimum atomic E-state index is 0.709. The highest BCUT2D eigenvalue weighted by atomic mass is 15.2. The van der Waals surface area contributed by atoms with Crippen LogP contribution in [0, 0.1) is 6.92 Å². The number of hydrogen-bond acceptors (Lipinski definition) is 4. The lowest BCUT2D eigenvalue weighted by molar-refractivity contribution is 1.12. The van der Waals surface area contributed by atoms with Gasteiger partial charge in [-0.05, 0) is 42.8 Å². The summed E-state index contributed by atoms with van der Waals surface area (Å²) in [6.45, 7) is 2.09. The van der Waals surface area contributed by atoms with Gasteiger partial charge < -0.3 is 5.32 Å². The molecule has 2 N–H and O–H groups in total. The van der Waals surface area contributed by atoms with Gasteiger partial charge in [-0.25, -0.2) is 9.97 Å². The number of pyridine rings is 2. The van der Waals surface area contributed by atoms with Crippen molar-refractivity contribution in [3.63, 3.8) is 0 Å². The number of fused-ring (bicyclic) bond motifs is 2. The minimum Gasteiger partial charge on any atom is -0.338 e. The number of aryl methyl sites for hydroxylation is 1. The lowest BCUT2D eigenvalue weighted by Gasteiger charge is -2.11. The molecule has 5 rings (SSSR count). The Balaban J connectivity index is 1.70. The van der Waals surface area contributed by atoms with E-state index >= 15 is 0 Å². The van der Waals surface area contributed by atoms with Gasteiger partial charge in [-0.15, -0.1) is 0 Å². The lowest BCUT2D eigenvalue weighted by atomic mass is 10.0. The van der Waals surface area contributed by atoms with E-state index in [0.29, 0.717) is 5.65 Å². The average molecular weight is 351 g/mol. The van der Waals surface area contributed by atoms with E-state index in [2.05, 4.69) is 45.6 Å². The zero-order chi connectivity index (χ0) is 18.2. The van der Waals surface area contributed by atoms with Crippen molar-refractivity contribution in [1.29, 1.82) is 0 Å². The average Bonchev–Trinajstić information content (AvgIpc) is 3.11. The number of anilines is 2. The standard InChI is InChI=1S/C22H17N5/c1-14-7-2-3-8-15(14)19-13-20(17-10-6-12-23-21(17)24-19)25-22-16-9-4-5-11-18(16)26-27-22/h2-13H,1H3,(H2,23,24,25,26,27). The van der Waals surface area contributed by atoms with Crippen molar-refractivity contribution < 1.29 is 0 Å². The van der Waals surface area contributed by atoms with Gasteiger partial charge >= 0.3 is 0 Å². The molecular formula is C22H17N5. The highest BCUT2D eigenvalue weighted by Crippen LogP contribution is 2.32. The zero-order valence-electron chi connectivity index (χ0n) is 14.8. The molecule has 0 spiro atoms. The predicted molar refractivity (Wildman–Crippen MR) is 109 cm³/mol. The molecule has 5 heteroatoms. The molecule has 0 radical (unpaired) electrons. The number of para-hydroxylation sites is 1. The fourth-order valence-corrected chi connectivity index (χ4v) is 3.35. The van der Waals surface area contributed by atoms with E-state index in [9.17, 15) is 0 Å². The summed E-state index contributed by atoms with van der Waals surface area (Å²) in [6.07, 6.45) is 1.77. The number of nitrogens with one attached hydrogen (secondary N) is 2. The van der Waals surface area contributed by atoms with Gasteiger partial charge in [-0.3, -0.25) is 5.10 Å². The topological polar surface area (TPSA) is 66.5 Å². The fourth-order valence-electron chi connectivity index (χ4n) is 3.35. The molecule has 0 amide bonds. The number of rotatable bonds is 3. The van der Waals surface area contributed by atoms with Crippen LogP contribution in [0.4, 0.5) is 11.5 Å². The van der Waals surface area contributed by atoms with Crippen molar-refractivity contribution in [1.82, 2.24) is 20.2 Å². The van der Waals surface area contributed by atoms with Gasteiger partial charge in [0.25, 0.3) is 0 Å². The number of aromatic amines is 1. The third-order valence-corrected chi connectivity index (χ3v) is 4.73. The number of H-pyrrole nitrogens is 1. The molecule has 0 aliphatic heterocycles. The summed E-state index contributed by atoms with van der Waals surface area (Å²) < 4.78 is 0. The van der Waals surface area contributed by atoms with E-state index in [4.69, 9.17) is 4.98 Å². The number of benzene rings is 2. The normalized spacial score (nSPS) is 11.1. The van der Waals surface area contributed by atoms with Gasteiger partial charge in [0.1, 0.15) is 0 Å². The summed E-state index contributed by atoms with van der Waals surface area (Å²) in [6, 6.07) is 22.3. The molecule has 27 heavy (non-hydrogen) atoms. The quantitative estimate of drug-likeness (QED) is 0.467. The lowest BCUT2D eigenvalue weighted by Crippen LogP contribution is -1.97. The van der Waals surface area contributed by atoms with E-state index in [1.807, 2.05) is 48.5 Å². The minimum absolute atomic E-state index is 0.709. The van der Waals surface area contributed by atoms with Crippen LogP contribution in [0.5, 0.6) is 0 Å². The van der Waals surface area contributed by atoms with Gasteiger partial charge in [-0.1, -0.05) is 36.4 Å². The third kappa shape index (κ3) is 2.69. The number of nitrogens with zero attached hydrogens (tertiary/aromatic N) is 3. The molecule has 0 aliphatic rings. The molecule has 0 fully saturated rings. The van der Waals surface area contributed by atoms with Crippen LogP contribution in [0.1, 0.15) is 5.56 Å². The molecule has 130 valence electrons. The molecule has 2 aromatic carbocycles. The Kier molecular flexibility index (Phi) is 3.57. The van der Waals surface area contributed by atoms with Crippen LogP contribution in [0.15, 0.2) is 72.9 Å². The van der Waals surface area contributed by atoms with Crippen molar-refractivity contribution in [3.8, 4) is 11.3 Å². The summed E-state index contributed by atoms with van der Waals surface area (Å²) in [4.78, 5) is 9.25. The zero-order valence-corrected chi connectivity index (χ0v) is 14.8. The Hall–Kier alpha value is -3.73. The maximum atomic E-state index is 4.78. The number of aromatic nitrogens is 4. The van der Waals surface area contributed by atoms with Gasteiger partial charge in [0.05, 0.1) is 16.9 Å². The van der Waals surface area contributed by atoms with Gasteiger partial charge in [0.15, 0.2) is 11.5 Å². The SMILES string of the molecule is Cc1ccccc1-c1cc(Nc2n[nH]c3ccccc23)c2cccnc2n1. The maximum Gasteiger partial charge on any atom is 0.161 e. The molecule has 0 unspecified atom stereocenters. The van der Waals surface area contributed by atoms with Crippen molar-refractivity contribution in [2.45, 2.75) is 6.92 Å². The highest BCUT2D eigenvalue weighted by Gasteiger charge is 2.12. The van der Waals surface area contributed by atoms with E-state index in [0.717, 1.165) is 39.1 Å². The Morgan fingerprint density at radius 2 is 1.70 bits per heavy atom. The summed E-state index contributed by atoms with van der Waals surface area (Å²) in [5.41, 5.74) is 5.80. The molecule has 5 aromatic rings. The van der Waals surface area contributed by atoms with Crippen LogP contribution >= 0.6 is 0 Å². The summed E-state index contributed by atoms with van der Waals surface area (Å²) in [7, 11) is 0. The van der Waals surface area contributed by atoms with Crippen LogP contribution in [0.25, 0.3) is 33.2 Å². The first kappa shape index (κ1) is 15.5. The molecule has 3 heterocycles. The first-order valence-corrected chi connectivity index (χ1v) is 8.81. The first-order valence-electron chi connectivity index (χ1n) is 8.81.